The van der Waals surface area contributed by atoms with E-state index in [-0.39, 0.29) is 25.0 Å². The van der Waals surface area contributed by atoms with Gasteiger partial charge >= 0.3 is 12.1 Å². The van der Waals surface area contributed by atoms with Gasteiger partial charge in [0.2, 0.25) is 0 Å². The number of aliphatic hydroxyl groups excluding tert-OH is 2. The summed E-state index contributed by atoms with van der Waals surface area (Å²) < 4.78 is 22.3. The molecule has 10 nitrogen and oxygen atoms in total. The van der Waals surface area contributed by atoms with Crippen LogP contribution >= 0.6 is 0 Å². The molecule has 0 aromatic heterocycles. The van der Waals surface area contributed by atoms with Crippen LogP contribution in [0.1, 0.15) is 79.2 Å². The van der Waals surface area contributed by atoms with Gasteiger partial charge in [-0.3, -0.25) is 4.79 Å². The van der Waals surface area contributed by atoms with Crippen molar-refractivity contribution in [2.24, 2.45) is 17.8 Å². The van der Waals surface area contributed by atoms with Gasteiger partial charge in [-0.15, -0.1) is 0 Å². The molecule has 0 aliphatic heterocycles. The minimum atomic E-state index is -1.25. The molecule has 0 aliphatic rings. The molecule has 0 heterocycles. The largest absolute Gasteiger partial charge is 0.490 e. The molecule has 10 heteroatoms. The third-order valence-corrected chi connectivity index (χ3v) is 6.84. The Kier molecular flexibility index (Phi) is 15.3. The average molecular weight is 570 g/mol. The van der Waals surface area contributed by atoms with Gasteiger partial charge < -0.3 is 39.6 Å². The number of benzene rings is 1. The number of carboxylic acids is 1. The second-order valence-corrected chi connectivity index (χ2v) is 11.7. The van der Waals surface area contributed by atoms with Crippen LogP contribution in [-0.2, 0) is 14.3 Å². The van der Waals surface area contributed by atoms with E-state index in [0.717, 1.165) is 0 Å². The highest BCUT2D eigenvalue weighted by Gasteiger charge is 2.38. The van der Waals surface area contributed by atoms with E-state index in [1.807, 2.05) is 6.92 Å². The van der Waals surface area contributed by atoms with Crippen LogP contribution in [0.3, 0.4) is 0 Å². The van der Waals surface area contributed by atoms with E-state index in [4.69, 9.17) is 24.1 Å². The molecule has 1 aromatic carbocycles. The monoisotopic (exact) mass is 569 g/mol. The summed E-state index contributed by atoms with van der Waals surface area (Å²) in [7, 11) is 1.60. The van der Waals surface area contributed by atoms with Crippen LogP contribution in [0.2, 0.25) is 0 Å². The molecule has 0 fully saturated rings. The third kappa shape index (κ3) is 12.3. The number of rotatable bonds is 18. The number of nitrogens with one attached hydrogen (secondary N) is 1. The molecule has 1 aromatic rings. The van der Waals surface area contributed by atoms with E-state index in [0.29, 0.717) is 49.5 Å². The maximum atomic E-state index is 12.8. The van der Waals surface area contributed by atoms with E-state index < -0.39 is 41.6 Å². The fourth-order valence-corrected chi connectivity index (χ4v) is 4.20. The number of alkyl carbamates (subject to hydrolysis) is 1. The predicted octanol–water partition coefficient (Wildman–Crippen LogP) is 4.60. The molecule has 0 radical (unpaired) electrons. The molecular weight excluding hydrogens is 518 g/mol. The standard InChI is InChI=1S/C30H51NO9/c1-19(2)20(3)17-23(31-29(36)40-30(5,6)7)27(33)26(21(4)28(34)35)22-11-12-24(38-15-9-13-32)25(18-22)39-16-10-14-37-8/h11-12,18-21,23,26-27,32-33H,9-10,13-17H2,1-8H3,(H,31,36)(H,34,35)/t20-,21+,23-,26?,27+/m0/s1. The molecule has 0 spiro atoms. The lowest BCUT2D eigenvalue weighted by Gasteiger charge is -2.35. The fourth-order valence-electron chi connectivity index (χ4n) is 4.20. The summed E-state index contributed by atoms with van der Waals surface area (Å²) in [6.45, 7) is 14.0. The molecule has 0 aliphatic carbocycles. The van der Waals surface area contributed by atoms with Gasteiger partial charge in [0.05, 0.1) is 31.3 Å². The van der Waals surface area contributed by atoms with Gasteiger partial charge in [-0.25, -0.2) is 4.79 Å². The maximum absolute atomic E-state index is 12.8. The highest BCUT2D eigenvalue weighted by Crippen LogP contribution is 2.38. The summed E-state index contributed by atoms with van der Waals surface area (Å²) in [6.07, 6.45) is -0.437. The fraction of sp³-hybridized carbons (Fsp3) is 0.733. The van der Waals surface area contributed by atoms with E-state index in [1.165, 1.54) is 6.92 Å². The van der Waals surface area contributed by atoms with Gasteiger partial charge in [0.1, 0.15) is 5.60 Å². The first kappa shape index (κ1) is 35.5. The summed E-state index contributed by atoms with van der Waals surface area (Å²) in [6, 6.07) is 4.30. The van der Waals surface area contributed by atoms with Crippen LogP contribution in [0.4, 0.5) is 4.79 Å². The predicted molar refractivity (Wildman–Crippen MR) is 153 cm³/mol. The van der Waals surface area contributed by atoms with E-state index in [1.54, 1.807) is 46.1 Å². The van der Waals surface area contributed by atoms with Gasteiger partial charge in [-0.05, 0) is 56.7 Å². The Morgan fingerprint density at radius 1 is 0.975 bits per heavy atom. The van der Waals surface area contributed by atoms with E-state index in [9.17, 15) is 19.8 Å². The van der Waals surface area contributed by atoms with Crippen LogP contribution in [0.15, 0.2) is 18.2 Å². The van der Waals surface area contributed by atoms with Crippen molar-refractivity contribution in [1.29, 1.82) is 0 Å². The number of ether oxygens (including phenoxy) is 4. The van der Waals surface area contributed by atoms with Gasteiger partial charge in [0.15, 0.2) is 11.5 Å². The maximum Gasteiger partial charge on any atom is 0.407 e. The van der Waals surface area contributed by atoms with Crippen LogP contribution in [0, 0.1) is 17.8 Å². The number of methoxy groups -OCH3 is 1. The highest BCUT2D eigenvalue weighted by atomic mass is 16.6. The van der Waals surface area contributed by atoms with Crippen molar-refractivity contribution < 1.29 is 43.9 Å². The third-order valence-electron chi connectivity index (χ3n) is 6.84. The lowest BCUT2D eigenvalue weighted by atomic mass is 9.77. The lowest BCUT2D eigenvalue weighted by Crippen LogP contribution is -2.50. The number of aliphatic carboxylic acids is 1. The summed E-state index contributed by atoms with van der Waals surface area (Å²) in [5.74, 6) is -1.72. The summed E-state index contributed by atoms with van der Waals surface area (Å²) >= 11 is 0. The molecular formula is C30H51NO9. The van der Waals surface area contributed by atoms with E-state index in [2.05, 4.69) is 19.2 Å². The van der Waals surface area contributed by atoms with Crippen LogP contribution in [0.5, 0.6) is 11.5 Å². The lowest BCUT2D eigenvalue weighted by molar-refractivity contribution is -0.143. The number of hydrogen-bond donors (Lipinski definition) is 4. The van der Waals surface area contributed by atoms with Crippen molar-refractivity contribution in [2.75, 3.05) is 33.5 Å². The van der Waals surface area contributed by atoms with Crippen molar-refractivity contribution in [2.45, 2.75) is 91.4 Å². The molecule has 1 amide bonds. The summed E-state index contributed by atoms with van der Waals surface area (Å²) in [5.41, 5.74) is -0.204. The first-order valence-corrected chi connectivity index (χ1v) is 14.1. The second-order valence-electron chi connectivity index (χ2n) is 11.7. The van der Waals surface area contributed by atoms with E-state index >= 15 is 0 Å². The SMILES string of the molecule is COCCCOc1cc(C([C@@H](C)C(=O)O)[C@H](O)[C@H](C[C@H](C)C(C)C)NC(=O)OC(C)(C)C)ccc1OCCCO. The molecule has 5 atom stereocenters. The molecule has 0 saturated heterocycles. The van der Waals surface area contributed by atoms with Crippen molar-refractivity contribution in [3.8, 4) is 11.5 Å². The Morgan fingerprint density at radius 3 is 2.15 bits per heavy atom. The van der Waals surface area contributed by atoms with Crippen LogP contribution < -0.4 is 14.8 Å². The van der Waals surface area contributed by atoms with Crippen molar-refractivity contribution >= 4 is 12.1 Å². The zero-order valence-corrected chi connectivity index (χ0v) is 25.4. The van der Waals surface area contributed by atoms with Crippen molar-refractivity contribution in [3.05, 3.63) is 23.8 Å². The zero-order valence-electron chi connectivity index (χ0n) is 25.4. The average Bonchev–Trinajstić information content (AvgIpc) is 2.86. The smallest absolute Gasteiger partial charge is 0.407 e. The zero-order chi connectivity index (χ0) is 30.5. The minimum absolute atomic E-state index is 0.0205. The minimum Gasteiger partial charge on any atom is -0.490 e. The Balaban J connectivity index is 3.49. The molecule has 40 heavy (non-hydrogen) atoms. The molecule has 4 N–H and O–H groups in total. The highest BCUT2D eigenvalue weighted by molar-refractivity contribution is 5.71. The Hall–Kier alpha value is -2.56. The Bertz CT molecular complexity index is 900. The quantitative estimate of drug-likeness (QED) is 0.186. The molecule has 0 bridgehead atoms. The Labute approximate surface area is 239 Å². The van der Waals surface area contributed by atoms with Gasteiger partial charge in [-0.2, -0.15) is 0 Å². The second kappa shape index (κ2) is 17.3. The van der Waals surface area contributed by atoms with Crippen molar-refractivity contribution in [3.63, 3.8) is 0 Å². The van der Waals surface area contributed by atoms with Gasteiger partial charge in [0.25, 0.3) is 0 Å². The molecule has 1 rings (SSSR count). The van der Waals surface area contributed by atoms with Crippen LogP contribution in [0.25, 0.3) is 0 Å². The number of aliphatic hydroxyl groups is 2. The topological polar surface area (TPSA) is 144 Å². The number of carbonyl (C=O) groups is 2. The first-order valence-electron chi connectivity index (χ1n) is 14.1. The molecule has 0 saturated carbocycles. The molecule has 230 valence electrons. The number of carboxylic acid groups (broad SMARTS) is 1. The van der Waals surface area contributed by atoms with Crippen molar-refractivity contribution in [1.82, 2.24) is 5.32 Å². The number of carbonyl (C=O) groups excluding carboxylic acids is 1. The number of amides is 1. The summed E-state index contributed by atoms with van der Waals surface area (Å²) in [5, 5.41) is 33.7. The molecule has 1 unspecified atom stereocenters. The van der Waals surface area contributed by atoms with Gasteiger partial charge in [-0.1, -0.05) is 33.8 Å². The number of hydrogen-bond acceptors (Lipinski definition) is 8. The normalized spacial score (nSPS) is 15.6. The first-order chi connectivity index (χ1) is 18.7. The van der Waals surface area contributed by atoms with Crippen LogP contribution in [-0.4, -0.2) is 78.7 Å². The summed E-state index contributed by atoms with van der Waals surface area (Å²) in [4.78, 5) is 25.0. The van der Waals surface area contributed by atoms with Gasteiger partial charge in [0, 0.05) is 39.1 Å². The Morgan fingerprint density at radius 2 is 1.60 bits per heavy atom.